The van der Waals surface area contributed by atoms with Crippen LogP contribution in [0.3, 0.4) is 0 Å². The highest BCUT2D eigenvalue weighted by Gasteiger charge is 2.56. The molecule has 0 aromatic carbocycles. The predicted octanol–water partition coefficient (Wildman–Crippen LogP) is 0.545. The molecule has 1 aliphatic rings. The summed E-state index contributed by atoms with van der Waals surface area (Å²) in [6.07, 6.45) is 0.338. The highest BCUT2D eigenvalue weighted by atomic mass is 32.3. The van der Waals surface area contributed by atoms with Crippen molar-refractivity contribution in [1.82, 2.24) is 5.32 Å². The van der Waals surface area contributed by atoms with E-state index >= 15 is 0 Å². The van der Waals surface area contributed by atoms with Gasteiger partial charge in [0, 0.05) is 25.7 Å². The lowest BCUT2D eigenvalue weighted by Crippen LogP contribution is -2.45. The first kappa shape index (κ1) is 19.3. The van der Waals surface area contributed by atoms with E-state index in [9.17, 15) is 21.6 Å². The van der Waals surface area contributed by atoms with E-state index in [1.165, 1.54) is 20.1 Å². The quantitative estimate of drug-likeness (QED) is 0.721. The maximum Gasteiger partial charge on any atom is 0.247 e. The number of fused-ring (bicyclic) bond motifs is 1. The molecule has 24 heavy (non-hydrogen) atoms. The van der Waals surface area contributed by atoms with Gasteiger partial charge in [-0.3, -0.25) is 4.79 Å². The van der Waals surface area contributed by atoms with Crippen molar-refractivity contribution in [2.45, 2.75) is 45.9 Å². The number of amides is 1. The van der Waals surface area contributed by atoms with Gasteiger partial charge in [-0.2, -0.15) is 0 Å². The number of methoxy groups -OCH3 is 1. The number of hydrogen-bond donors (Lipinski definition) is 2. The minimum absolute atomic E-state index is 0.0634. The Bertz CT molecular complexity index is 858. The van der Waals surface area contributed by atoms with Crippen LogP contribution in [0.5, 0.6) is 0 Å². The van der Waals surface area contributed by atoms with Gasteiger partial charge in [0.15, 0.2) is 9.84 Å². The second-order valence-corrected chi connectivity index (χ2v) is 11.2. The average molecular weight is 397 g/mol. The second-order valence-electron chi connectivity index (χ2n) is 5.77. The molecular formula is C13H20N2O6S3. The molecule has 0 spiro atoms. The summed E-state index contributed by atoms with van der Waals surface area (Å²) in [4.78, 5) is 11.9. The van der Waals surface area contributed by atoms with Gasteiger partial charge in [-0.15, -0.1) is 11.3 Å². The summed E-state index contributed by atoms with van der Waals surface area (Å²) in [5.74, 6) is -0.324. The first-order chi connectivity index (χ1) is 11.0. The van der Waals surface area contributed by atoms with Crippen molar-refractivity contribution in [2.24, 2.45) is 5.14 Å². The molecule has 0 bridgehead atoms. The molecule has 1 aromatic rings. The third kappa shape index (κ3) is 2.99. The van der Waals surface area contributed by atoms with Crippen molar-refractivity contribution in [3.05, 3.63) is 11.6 Å². The summed E-state index contributed by atoms with van der Waals surface area (Å²) >= 11 is 0.617. The van der Waals surface area contributed by atoms with E-state index in [-0.39, 0.29) is 39.3 Å². The molecule has 2 rings (SSSR count). The van der Waals surface area contributed by atoms with Gasteiger partial charge < -0.3 is 10.1 Å². The van der Waals surface area contributed by atoms with Crippen molar-refractivity contribution < 1.29 is 26.4 Å². The van der Waals surface area contributed by atoms with Crippen molar-refractivity contribution in [1.29, 1.82) is 0 Å². The van der Waals surface area contributed by atoms with Crippen LogP contribution < -0.4 is 10.5 Å². The molecule has 136 valence electrons. The fourth-order valence-electron chi connectivity index (χ4n) is 2.69. The van der Waals surface area contributed by atoms with Crippen LogP contribution in [0.4, 0.5) is 0 Å². The van der Waals surface area contributed by atoms with Crippen LogP contribution in [0.1, 0.15) is 38.3 Å². The summed E-state index contributed by atoms with van der Waals surface area (Å²) in [6, 6.07) is 0.387. The molecule has 11 heteroatoms. The zero-order chi connectivity index (χ0) is 18.3. The minimum atomic E-state index is -4.03. The number of thiophene rings is 1. The number of primary sulfonamides is 1. The van der Waals surface area contributed by atoms with Crippen LogP contribution in [0.15, 0.2) is 14.5 Å². The van der Waals surface area contributed by atoms with Gasteiger partial charge in [-0.05, 0) is 19.4 Å². The first-order valence-corrected chi connectivity index (χ1v) is 11.0. The van der Waals surface area contributed by atoms with Gasteiger partial charge >= 0.3 is 0 Å². The highest BCUT2D eigenvalue weighted by molar-refractivity contribution is 7.96. The number of nitrogens with two attached hydrogens (primary N) is 1. The molecule has 2 atom stereocenters. The Balaban J connectivity index is 2.63. The highest BCUT2D eigenvalue weighted by Crippen LogP contribution is 2.52. The lowest BCUT2D eigenvalue weighted by molar-refractivity contribution is -0.121. The van der Waals surface area contributed by atoms with Crippen LogP contribution in [-0.2, 0) is 29.4 Å². The number of hydrogen-bond acceptors (Lipinski definition) is 7. The molecular weight excluding hydrogens is 376 g/mol. The number of rotatable bonds is 6. The molecule has 1 aromatic heterocycles. The number of sulfone groups is 1. The van der Waals surface area contributed by atoms with Gasteiger partial charge in [0.25, 0.3) is 0 Å². The molecule has 0 saturated carbocycles. The maximum atomic E-state index is 13.0. The Morgan fingerprint density at radius 2 is 2.12 bits per heavy atom. The Hall–Kier alpha value is -1.01. The second kappa shape index (κ2) is 6.37. The van der Waals surface area contributed by atoms with E-state index in [0.29, 0.717) is 11.3 Å². The largest absolute Gasteiger partial charge is 0.385 e. The Kier molecular flexibility index (Phi) is 5.13. The SMILES string of the molecule is CCC(=O)NC1c2cc(S(N)(=O)=O)sc2S(=O)(=O)C1(C)CCOC. The van der Waals surface area contributed by atoms with Crippen LogP contribution in [0.25, 0.3) is 0 Å². The third-order valence-electron chi connectivity index (χ3n) is 4.19. The van der Waals surface area contributed by atoms with Crippen LogP contribution in [-0.4, -0.2) is 41.2 Å². The van der Waals surface area contributed by atoms with E-state index in [0.717, 1.165) is 0 Å². The van der Waals surface area contributed by atoms with Crippen molar-refractivity contribution in [2.75, 3.05) is 13.7 Å². The average Bonchev–Trinajstić information content (AvgIpc) is 2.99. The lowest BCUT2D eigenvalue weighted by atomic mass is 9.93. The molecule has 0 fully saturated rings. The predicted molar refractivity (Wildman–Crippen MR) is 89.0 cm³/mol. The monoisotopic (exact) mass is 396 g/mol. The van der Waals surface area contributed by atoms with Crippen LogP contribution in [0, 0.1) is 0 Å². The summed E-state index contributed by atoms with van der Waals surface area (Å²) in [5.41, 5.74) is 0.268. The van der Waals surface area contributed by atoms with E-state index in [4.69, 9.17) is 9.88 Å². The molecule has 0 radical (unpaired) electrons. The van der Waals surface area contributed by atoms with Gasteiger partial charge in [-0.1, -0.05) is 6.92 Å². The molecule has 2 unspecified atom stereocenters. The Labute approximate surface area is 145 Å². The molecule has 0 aliphatic carbocycles. The standard InChI is InChI=1S/C13H20N2O6S3/c1-4-9(16)15-11-8-7-10(24(14,19)20)22-12(8)23(17,18)13(11,2)5-6-21-3/h7,11H,4-6H2,1-3H3,(H,15,16)(H2,14,19,20). The van der Waals surface area contributed by atoms with E-state index in [2.05, 4.69) is 5.32 Å². The van der Waals surface area contributed by atoms with Crippen LogP contribution >= 0.6 is 11.3 Å². The van der Waals surface area contributed by atoms with Gasteiger partial charge in [0.2, 0.25) is 15.9 Å². The Morgan fingerprint density at radius 1 is 1.50 bits per heavy atom. The zero-order valence-corrected chi connectivity index (χ0v) is 16.0. The molecule has 1 aliphatic heterocycles. The third-order valence-corrected chi connectivity index (χ3v) is 9.86. The number of ether oxygens (including phenoxy) is 1. The normalized spacial score (nSPS) is 25.4. The van der Waals surface area contributed by atoms with E-state index in [1.54, 1.807) is 6.92 Å². The molecule has 2 heterocycles. The van der Waals surface area contributed by atoms with Crippen molar-refractivity contribution in [3.8, 4) is 0 Å². The minimum Gasteiger partial charge on any atom is -0.385 e. The Morgan fingerprint density at radius 3 is 2.62 bits per heavy atom. The zero-order valence-electron chi connectivity index (χ0n) is 13.5. The fourth-order valence-corrected chi connectivity index (χ4v) is 7.56. The van der Waals surface area contributed by atoms with E-state index in [1.807, 2.05) is 0 Å². The summed E-state index contributed by atoms with van der Waals surface area (Å²) < 4.78 is 52.5. The van der Waals surface area contributed by atoms with Crippen molar-refractivity contribution >= 4 is 37.1 Å². The summed E-state index contributed by atoms with van der Waals surface area (Å²) in [6.45, 7) is 3.37. The van der Waals surface area contributed by atoms with Gasteiger partial charge in [0.1, 0.15) is 13.2 Å². The topological polar surface area (TPSA) is 133 Å². The summed E-state index contributed by atoms with van der Waals surface area (Å²) in [5, 5.41) is 7.81. The molecule has 3 N–H and O–H groups in total. The first-order valence-electron chi connectivity index (χ1n) is 7.18. The number of carbonyl (C=O) groups excluding carboxylic acids is 1. The number of sulfonamides is 1. The lowest BCUT2D eigenvalue weighted by Gasteiger charge is -2.31. The van der Waals surface area contributed by atoms with Crippen molar-refractivity contribution in [3.63, 3.8) is 0 Å². The summed E-state index contributed by atoms with van der Waals surface area (Å²) in [7, 11) is -6.42. The number of nitrogens with one attached hydrogen (secondary N) is 1. The molecule has 8 nitrogen and oxygen atoms in total. The van der Waals surface area contributed by atoms with Gasteiger partial charge in [0.05, 0.1) is 6.04 Å². The molecule has 1 amide bonds. The molecule has 0 saturated heterocycles. The maximum absolute atomic E-state index is 13.0. The van der Waals surface area contributed by atoms with Crippen LogP contribution in [0.2, 0.25) is 0 Å². The van der Waals surface area contributed by atoms with Gasteiger partial charge in [-0.25, -0.2) is 22.0 Å². The van der Waals surface area contributed by atoms with E-state index < -0.39 is 30.6 Å². The smallest absolute Gasteiger partial charge is 0.247 e. The number of carbonyl (C=O) groups is 1. The fraction of sp³-hybridized carbons (Fsp3) is 0.615.